The van der Waals surface area contributed by atoms with Gasteiger partial charge in [0, 0.05) is 12.1 Å². The minimum absolute atomic E-state index is 0.00999. The van der Waals surface area contributed by atoms with Crippen LogP contribution in [0.4, 0.5) is 4.79 Å². The number of unbranched alkanes of at least 4 members (excludes halogenated alkanes) is 2. The Kier molecular flexibility index (Phi) is 11.2. The molecule has 0 aliphatic rings. The van der Waals surface area contributed by atoms with Gasteiger partial charge in [-0.1, -0.05) is 31.9 Å². The highest BCUT2D eigenvalue weighted by Crippen LogP contribution is 2.26. The summed E-state index contributed by atoms with van der Waals surface area (Å²) in [4.78, 5) is 53.0. The Balaban J connectivity index is 3.51. The van der Waals surface area contributed by atoms with Crippen molar-refractivity contribution >= 4 is 23.8 Å². The lowest BCUT2D eigenvalue weighted by molar-refractivity contribution is -0.144. The van der Waals surface area contributed by atoms with Gasteiger partial charge in [-0.2, -0.15) is 0 Å². The molecule has 2 atom stereocenters. The largest absolute Gasteiger partial charge is 0.508 e. The molecule has 1 aromatic rings. The number of carbonyl (C=O) groups is 4. The number of hydrogen-bond acceptors (Lipinski definition) is 6. The van der Waals surface area contributed by atoms with E-state index in [0.717, 1.165) is 12.8 Å². The third-order valence-electron chi connectivity index (χ3n) is 4.95. The average molecular weight is 507 g/mol. The Morgan fingerprint density at radius 2 is 1.61 bits per heavy atom. The average Bonchev–Trinajstić information content (AvgIpc) is 2.70. The fraction of sp³-hybridized carbons (Fsp3) is 0.615. The van der Waals surface area contributed by atoms with E-state index in [1.54, 1.807) is 32.9 Å². The minimum atomic E-state index is -1.33. The monoisotopic (exact) mass is 506 g/mol. The number of hydrogen-bond donors (Lipinski definition) is 4. The minimum Gasteiger partial charge on any atom is -0.508 e. The van der Waals surface area contributed by atoms with Crippen LogP contribution in [-0.2, 0) is 19.1 Å². The van der Waals surface area contributed by atoms with E-state index in [4.69, 9.17) is 10.5 Å². The first-order valence-electron chi connectivity index (χ1n) is 12.2. The number of nitrogens with zero attached hydrogens (tertiary/aromatic N) is 1. The van der Waals surface area contributed by atoms with Crippen LogP contribution in [0.5, 0.6) is 5.75 Å². The summed E-state index contributed by atoms with van der Waals surface area (Å²) in [6.45, 7) is 12.7. The number of rotatable bonds is 11. The van der Waals surface area contributed by atoms with Gasteiger partial charge in [-0.15, -0.1) is 0 Å². The number of aromatic hydroxyl groups is 1. The van der Waals surface area contributed by atoms with Crippen LogP contribution in [0.2, 0.25) is 0 Å². The Labute approximate surface area is 213 Å². The summed E-state index contributed by atoms with van der Waals surface area (Å²) >= 11 is 0. The number of ether oxygens (including phenoxy) is 1. The van der Waals surface area contributed by atoms with Gasteiger partial charge < -0.3 is 31.1 Å². The summed E-state index contributed by atoms with van der Waals surface area (Å²) in [6, 6.07) is 3.58. The summed E-state index contributed by atoms with van der Waals surface area (Å²) in [5.74, 6) is -1.86. The Bertz CT molecular complexity index is 902. The smallest absolute Gasteiger partial charge is 0.408 e. The molecule has 5 N–H and O–H groups in total. The van der Waals surface area contributed by atoms with Crippen LogP contribution in [0.3, 0.4) is 0 Å². The second kappa shape index (κ2) is 13.1. The fourth-order valence-electron chi connectivity index (χ4n) is 3.52. The third-order valence-corrected chi connectivity index (χ3v) is 4.95. The molecule has 36 heavy (non-hydrogen) atoms. The van der Waals surface area contributed by atoms with E-state index in [2.05, 4.69) is 10.6 Å². The lowest BCUT2D eigenvalue weighted by Crippen LogP contribution is -2.55. The van der Waals surface area contributed by atoms with Crippen molar-refractivity contribution in [1.29, 1.82) is 0 Å². The number of nitrogens with one attached hydrogen (secondary N) is 2. The quantitative estimate of drug-likeness (QED) is 0.339. The zero-order valence-corrected chi connectivity index (χ0v) is 22.5. The van der Waals surface area contributed by atoms with E-state index in [9.17, 15) is 24.3 Å². The Hall–Kier alpha value is -3.30. The van der Waals surface area contributed by atoms with Gasteiger partial charge in [-0.3, -0.25) is 14.4 Å². The van der Waals surface area contributed by atoms with Gasteiger partial charge in [0.05, 0.1) is 6.42 Å². The molecule has 10 nitrogen and oxygen atoms in total. The maximum Gasteiger partial charge on any atom is 0.408 e. The molecule has 0 spiro atoms. The van der Waals surface area contributed by atoms with E-state index in [1.807, 2.05) is 27.7 Å². The number of primary amides is 1. The first-order chi connectivity index (χ1) is 16.5. The fourth-order valence-corrected chi connectivity index (χ4v) is 3.52. The van der Waals surface area contributed by atoms with Crippen LogP contribution in [0.1, 0.15) is 85.8 Å². The highest BCUT2D eigenvalue weighted by atomic mass is 16.6. The van der Waals surface area contributed by atoms with Crippen LogP contribution >= 0.6 is 0 Å². The van der Waals surface area contributed by atoms with Gasteiger partial charge in [-0.25, -0.2) is 4.79 Å². The molecule has 0 aliphatic heterocycles. The van der Waals surface area contributed by atoms with Gasteiger partial charge in [0.2, 0.25) is 17.7 Å². The Morgan fingerprint density at radius 1 is 1.03 bits per heavy atom. The molecule has 0 bridgehead atoms. The molecule has 0 saturated heterocycles. The van der Waals surface area contributed by atoms with Gasteiger partial charge >= 0.3 is 6.09 Å². The summed E-state index contributed by atoms with van der Waals surface area (Å²) in [5.41, 5.74) is 4.44. The third kappa shape index (κ3) is 11.0. The van der Waals surface area contributed by atoms with E-state index < -0.39 is 53.5 Å². The lowest BCUT2D eigenvalue weighted by atomic mass is 9.99. The number of phenolic OH excluding ortho intramolecular Hbond substituents is 1. The van der Waals surface area contributed by atoms with Gasteiger partial charge in [0.1, 0.15) is 23.4 Å². The number of benzene rings is 1. The summed E-state index contributed by atoms with van der Waals surface area (Å²) < 4.78 is 5.27. The van der Waals surface area contributed by atoms with Crippen molar-refractivity contribution in [2.45, 2.75) is 97.4 Å². The first kappa shape index (κ1) is 30.7. The predicted octanol–water partition coefficient (Wildman–Crippen LogP) is 3.14. The highest BCUT2D eigenvalue weighted by Gasteiger charge is 2.37. The highest BCUT2D eigenvalue weighted by molar-refractivity contribution is 5.94. The van der Waals surface area contributed by atoms with E-state index in [1.165, 1.54) is 17.0 Å². The van der Waals surface area contributed by atoms with Crippen molar-refractivity contribution in [2.24, 2.45) is 5.73 Å². The summed E-state index contributed by atoms with van der Waals surface area (Å²) in [6.07, 6.45) is 0.922. The van der Waals surface area contributed by atoms with Crippen LogP contribution in [0.25, 0.3) is 0 Å². The van der Waals surface area contributed by atoms with Crippen LogP contribution in [-0.4, -0.2) is 57.5 Å². The van der Waals surface area contributed by atoms with Gasteiger partial charge in [-0.05, 0) is 65.7 Å². The van der Waals surface area contributed by atoms with Crippen molar-refractivity contribution in [3.8, 4) is 5.75 Å². The molecule has 1 rings (SSSR count). The summed E-state index contributed by atoms with van der Waals surface area (Å²) in [5, 5.41) is 15.1. The van der Waals surface area contributed by atoms with Crippen molar-refractivity contribution in [3.05, 3.63) is 29.8 Å². The van der Waals surface area contributed by atoms with Crippen LogP contribution in [0.15, 0.2) is 24.3 Å². The molecule has 0 saturated carbocycles. The molecule has 0 heterocycles. The number of alkyl carbamates (subject to hydrolysis) is 1. The second-order valence-electron chi connectivity index (χ2n) is 10.8. The summed E-state index contributed by atoms with van der Waals surface area (Å²) in [7, 11) is 0. The number of amides is 4. The van der Waals surface area contributed by atoms with Gasteiger partial charge in [0.15, 0.2) is 0 Å². The number of phenols is 1. The molecular weight excluding hydrogens is 464 g/mol. The van der Waals surface area contributed by atoms with Crippen LogP contribution < -0.4 is 16.4 Å². The number of carbonyl (C=O) groups excluding carboxylic acids is 4. The molecule has 0 fully saturated rings. The maximum absolute atomic E-state index is 13.8. The SMILES string of the molecule is CCCCCN(C(=O)C(CC(N)=O)NC(=O)OC(C)(C)C)C(C(=O)NC(C)(C)C)c1ccc(O)cc1. The van der Waals surface area contributed by atoms with Crippen molar-refractivity contribution in [1.82, 2.24) is 15.5 Å². The lowest BCUT2D eigenvalue weighted by Gasteiger charge is -2.36. The van der Waals surface area contributed by atoms with Crippen molar-refractivity contribution in [2.75, 3.05) is 6.54 Å². The van der Waals surface area contributed by atoms with E-state index >= 15 is 0 Å². The number of nitrogens with two attached hydrogens (primary N) is 1. The maximum atomic E-state index is 13.8. The normalized spacial score (nSPS) is 13.3. The Morgan fingerprint density at radius 3 is 2.08 bits per heavy atom. The topological polar surface area (TPSA) is 151 Å². The van der Waals surface area contributed by atoms with Gasteiger partial charge in [0.25, 0.3) is 0 Å². The molecule has 2 unspecified atom stereocenters. The van der Waals surface area contributed by atoms with Crippen LogP contribution in [0, 0.1) is 0 Å². The molecule has 1 aromatic carbocycles. The molecule has 0 aliphatic carbocycles. The molecule has 0 aromatic heterocycles. The van der Waals surface area contributed by atoms with Crippen molar-refractivity contribution < 1.29 is 29.0 Å². The van der Waals surface area contributed by atoms with E-state index in [-0.39, 0.29) is 12.3 Å². The zero-order chi connectivity index (χ0) is 27.7. The molecule has 4 amide bonds. The molecule has 10 heteroatoms. The standard InChI is InChI=1S/C26H42N4O6/c1-8-9-10-15-30(23(34)19(16-20(27)32)28-24(35)36-26(5,6)7)21(22(33)29-25(2,3)4)17-11-13-18(31)14-12-17/h11-14,19,21,31H,8-10,15-16H2,1-7H3,(H2,27,32)(H,28,35)(H,29,33). The molecule has 0 radical (unpaired) electrons. The second-order valence-corrected chi connectivity index (χ2v) is 10.8. The molecular formula is C26H42N4O6. The predicted molar refractivity (Wildman–Crippen MR) is 137 cm³/mol. The first-order valence-corrected chi connectivity index (χ1v) is 12.2. The van der Waals surface area contributed by atoms with Crippen molar-refractivity contribution in [3.63, 3.8) is 0 Å². The molecule has 202 valence electrons. The van der Waals surface area contributed by atoms with E-state index in [0.29, 0.717) is 12.0 Å². The zero-order valence-electron chi connectivity index (χ0n) is 22.5.